The van der Waals surface area contributed by atoms with Gasteiger partial charge in [0.05, 0.1) is 25.2 Å². The minimum absolute atomic E-state index is 0.0141. The highest BCUT2D eigenvalue weighted by molar-refractivity contribution is 5.58. The number of hydrogen-bond acceptors (Lipinski definition) is 6. The molecular formula is C16H22N2O5. The molecule has 1 N–H and O–H groups in total. The summed E-state index contributed by atoms with van der Waals surface area (Å²) < 4.78 is 10.4. The maximum Gasteiger partial charge on any atom is 0.315 e. The SMILES string of the molecule is COc1cc(CC2C(O)C3CCN2CC3)cc([N+](=O)[O-])c1OC. The first-order chi connectivity index (χ1) is 11.0. The normalized spacial score (nSPS) is 29.3. The topological polar surface area (TPSA) is 85.1 Å². The molecule has 3 aliphatic rings. The molecule has 2 atom stereocenters. The van der Waals surface area contributed by atoms with Crippen LogP contribution in [-0.4, -0.2) is 54.4 Å². The van der Waals surface area contributed by atoms with E-state index in [1.54, 1.807) is 6.07 Å². The largest absolute Gasteiger partial charge is 0.493 e. The highest BCUT2D eigenvalue weighted by Gasteiger charge is 2.41. The van der Waals surface area contributed by atoms with Crippen LogP contribution in [0.5, 0.6) is 11.5 Å². The number of rotatable bonds is 5. The van der Waals surface area contributed by atoms with Gasteiger partial charge in [-0.25, -0.2) is 0 Å². The van der Waals surface area contributed by atoms with Crippen molar-refractivity contribution in [3.05, 3.63) is 27.8 Å². The molecule has 4 rings (SSSR count). The Hall–Kier alpha value is -1.86. The Morgan fingerprint density at radius 1 is 1.30 bits per heavy atom. The van der Waals surface area contributed by atoms with Gasteiger partial charge in [0, 0.05) is 12.1 Å². The second-order valence-corrected chi connectivity index (χ2v) is 6.24. The molecule has 0 amide bonds. The second-order valence-electron chi connectivity index (χ2n) is 6.24. The number of benzene rings is 1. The molecule has 0 aliphatic carbocycles. The van der Waals surface area contributed by atoms with E-state index in [-0.39, 0.29) is 23.6 Å². The molecule has 3 saturated heterocycles. The third-order valence-electron chi connectivity index (χ3n) is 5.08. The number of ether oxygens (including phenoxy) is 2. The van der Waals surface area contributed by atoms with Gasteiger partial charge in [-0.15, -0.1) is 0 Å². The fraction of sp³-hybridized carbons (Fsp3) is 0.625. The van der Waals surface area contributed by atoms with Gasteiger partial charge in [-0.05, 0) is 49.9 Å². The number of fused-ring (bicyclic) bond motifs is 3. The number of nitrogens with zero attached hydrogens (tertiary/aromatic N) is 2. The van der Waals surface area contributed by atoms with Crippen molar-refractivity contribution < 1.29 is 19.5 Å². The zero-order valence-electron chi connectivity index (χ0n) is 13.4. The average molecular weight is 322 g/mol. The maximum atomic E-state index is 11.3. The molecule has 2 unspecified atom stereocenters. The first-order valence-electron chi connectivity index (χ1n) is 7.86. The number of hydrogen-bond donors (Lipinski definition) is 1. The standard InChI is InChI=1S/C16H22N2O5/c1-22-14-9-10(8-13(18(20)21)16(14)23-2)7-12-15(19)11-3-5-17(12)6-4-11/h8-9,11-12,15,19H,3-7H2,1-2H3. The lowest BCUT2D eigenvalue weighted by Crippen LogP contribution is -2.58. The molecule has 3 fully saturated rings. The van der Waals surface area contributed by atoms with Crippen LogP contribution in [0.25, 0.3) is 0 Å². The Labute approximate surface area is 135 Å². The second kappa shape index (κ2) is 6.33. The molecule has 0 saturated carbocycles. The van der Waals surface area contributed by atoms with Crippen molar-refractivity contribution in [3.8, 4) is 11.5 Å². The van der Waals surface area contributed by atoms with E-state index in [4.69, 9.17) is 9.47 Å². The number of methoxy groups -OCH3 is 2. The quantitative estimate of drug-likeness (QED) is 0.655. The van der Waals surface area contributed by atoms with E-state index in [0.717, 1.165) is 31.5 Å². The lowest BCUT2D eigenvalue weighted by atomic mass is 9.78. The van der Waals surface area contributed by atoms with Crippen molar-refractivity contribution in [1.82, 2.24) is 4.90 Å². The lowest BCUT2D eigenvalue weighted by molar-refractivity contribution is -0.385. The molecular weight excluding hydrogens is 300 g/mol. The molecule has 1 aromatic carbocycles. The first-order valence-corrected chi connectivity index (χ1v) is 7.86. The fourth-order valence-electron chi connectivity index (χ4n) is 3.87. The van der Waals surface area contributed by atoms with Crippen molar-refractivity contribution in [2.75, 3.05) is 27.3 Å². The Morgan fingerprint density at radius 2 is 2.00 bits per heavy atom. The van der Waals surface area contributed by atoms with Crippen LogP contribution in [0.4, 0.5) is 5.69 Å². The van der Waals surface area contributed by atoms with Crippen LogP contribution in [-0.2, 0) is 6.42 Å². The van der Waals surface area contributed by atoms with E-state index in [9.17, 15) is 15.2 Å². The van der Waals surface area contributed by atoms with Gasteiger partial charge in [0.15, 0.2) is 5.75 Å². The highest BCUT2D eigenvalue weighted by atomic mass is 16.6. The third-order valence-corrected chi connectivity index (χ3v) is 5.08. The van der Waals surface area contributed by atoms with Gasteiger partial charge >= 0.3 is 5.69 Å². The maximum absolute atomic E-state index is 11.3. The van der Waals surface area contributed by atoms with E-state index in [0.29, 0.717) is 18.1 Å². The molecule has 7 heteroatoms. The minimum Gasteiger partial charge on any atom is -0.493 e. The molecule has 0 radical (unpaired) electrons. The van der Waals surface area contributed by atoms with Crippen LogP contribution in [0.2, 0.25) is 0 Å². The van der Waals surface area contributed by atoms with Crippen LogP contribution in [0.1, 0.15) is 18.4 Å². The Kier molecular flexibility index (Phi) is 4.41. The van der Waals surface area contributed by atoms with Crippen LogP contribution in [0.3, 0.4) is 0 Å². The Morgan fingerprint density at radius 3 is 2.52 bits per heavy atom. The monoisotopic (exact) mass is 322 g/mol. The lowest BCUT2D eigenvalue weighted by Gasteiger charge is -2.49. The van der Waals surface area contributed by atoms with Gasteiger partial charge in [0.1, 0.15) is 0 Å². The van der Waals surface area contributed by atoms with E-state index in [2.05, 4.69) is 4.90 Å². The van der Waals surface area contributed by atoms with Gasteiger partial charge in [0.25, 0.3) is 0 Å². The molecule has 1 aromatic rings. The molecule has 7 nitrogen and oxygen atoms in total. The van der Waals surface area contributed by atoms with Crippen LogP contribution in [0, 0.1) is 16.0 Å². The number of nitro groups is 1. The van der Waals surface area contributed by atoms with Crippen molar-refractivity contribution in [2.24, 2.45) is 5.92 Å². The number of aliphatic hydroxyl groups excluding tert-OH is 1. The van der Waals surface area contributed by atoms with E-state index < -0.39 is 4.92 Å². The Balaban J connectivity index is 1.91. The molecule has 2 bridgehead atoms. The van der Waals surface area contributed by atoms with Gasteiger partial charge in [-0.3, -0.25) is 15.0 Å². The predicted octanol–water partition coefficient (Wildman–Crippen LogP) is 1.61. The van der Waals surface area contributed by atoms with Crippen LogP contribution >= 0.6 is 0 Å². The summed E-state index contributed by atoms with van der Waals surface area (Å²) in [6, 6.07) is 3.31. The zero-order valence-corrected chi connectivity index (χ0v) is 13.4. The van der Waals surface area contributed by atoms with Crippen molar-refractivity contribution in [2.45, 2.75) is 31.4 Å². The van der Waals surface area contributed by atoms with Crippen molar-refractivity contribution >= 4 is 5.69 Å². The third kappa shape index (κ3) is 2.86. The minimum atomic E-state index is -0.464. The molecule has 3 heterocycles. The van der Waals surface area contributed by atoms with Crippen LogP contribution in [0.15, 0.2) is 12.1 Å². The average Bonchev–Trinajstić information content (AvgIpc) is 2.57. The smallest absolute Gasteiger partial charge is 0.315 e. The van der Waals surface area contributed by atoms with E-state index in [1.807, 2.05) is 0 Å². The van der Waals surface area contributed by atoms with E-state index >= 15 is 0 Å². The number of nitro benzene ring substituents is 1. The summed E-state index contributed by atoms with van der Waals surface area (Å²) in [6.45, 7) is 1.98. The summed E-state index contributed by atoms with van der Waals surface area (Å²) in [5.74, 6) is 0.828. The fourth-order valence-corrected chi connectivity index (χ4v) is 3.87. The summed E-state index contributed by atoms with van der Waals surface area (Å²) in [6.07, 6.45) is 2.26. The molecule has 0 spiro atoms. The number of aliphatic hydroxyl groups is 1. The summed E-state index contributed by atoms with van der Waals surface area (Å²) >= 11 is 0. The zero-order chi connectivity index (χ0) is 16.6. The summed E-state index contributed by atoms with van der Waals surface area (Å²) in [5.41, 5.74) is 0.679. The molecule has 0 aromatic heterocycles. The molecule has 126 valence electrons. The van der Waals surface area contributed by atoms with Gasteiger partial charge < -0.3 is 14.6 Å². The van der Waals surface area contributed by atoms with Crippen molar-refractivity contribution in [3.63, 3.8) is 0 Å². The summed E-state index contributed by atoms with van der Waals surface area (Å²) in [4.78, 5) is 13.1. The van der Waals surface area contributed by atoms with Gasteiger partial charge in [-0.1, -0.05) is 0 Å². The van der Waals surface area contributed by atoms with Gasteiger partial charge in [-0.2, -0.15) is 0 Å². The van der Waals surface area contributed by atoms with Crippen molar-refractivity contribution in [1.29, 1.82) is 0 Å². The first kappa shape index (κ1) is 16.0. The summed E-state index contributed by atoms with van der Waals surface area (Å²) in [7, 11) is 2.85. The molecule has 23 heavy (non-hydrogen) atoms. The highest BCUT2D eigenvalue weighted by Crippen LogP contribution is 2.40. The predicted molar refractivity (Wildman–Crippen MR) is 84.0 cm³/mol. The number of piperidine rings is 3. The summed E-state index contributed by atoms with van der Waals surface area (Å²) in [5, 5.41) is 21.8. The van der Waals surface area contributed by atoms with Gasteiger partial charge in [0.2, 0.25) is 5.75 Å². The molecule has 3 aliphatic heterocycles. The Bertz CT molecular complexity index is 596. The van der Waals surface area contributed by atoms with Crippen LogP contribution < -0.4 is 9.47 Å². The van der Waals surface area contributed by atoms with E-state index in [1.165, 1.54) is 20.3 Å².